The van der Waals surface area contributed by atoms with E-state index in [9.17, 15) is 4.79 Å². The van der Waals surface area contributed by atoms with Gasteiger partial charge >= 0.3 is 0 Å². The Morgan fingerprint density at radius 1 is 1.14 bits per heavy atom. The van der Waals surface area contributed by atoms with E-state index in [0.29, 0.717) is 29.5 Å². The van der Waals surface area contributed by atoms with Crippen LogP contribution in [0.4, 0.5) is 0 Å². The summed E-state index contributed by atoms with van der Waals surface area (Å²) in [5, 5.41) is 3.49. The molecule has 4 nitrogen and oxygen atoms in total. The average Bonchev–Trinajstić information content (AvgIpc) is 2.54. The summed E-state index contributed by atoms with van der Waals surface area (Å²) in [6.45, 7) is 0.763. The van der Waals surface area contributed by atoms with Gasteiger partial charge in [0.15, 0.2) is 0 Å². The topological polar surface area (TPSA) is 47.6 Å². The van der Waals surface area contributed by atoms with Crippen molar-refractivity contribution in [2.45, 2.75) is 13.2 Å². The molecular weight excluding hydrogens is 302 g/mol. The molecule has 2 rings (SSSR count). The molecule has 0 radical (unpaired) electrons. The Morgan fingerprint density at radius 3 is 2.59 bits per heavy atom. The number of halogens is 1. The zero-order chi connectivity index (χ0) is 15.9. The van der Waals surface area contributed by atoms with E-state index in [1.54, 1.807) is 38.5 Å². The molecule has 0 aliphatic heterocycles. The van der Waals surface area contributed by atoms with E-state index < -0.39 is 0 Å². The number of nitrogens with one attached hydrogen (secondary N) is 1. The molecule has 22 heavy (non-hydrogen) atoms. The Morgan fingerprint density at radius 2 is 1.91 bits per heavy atom. The number of methoxy groups -OCH3 is 2. The quantitative estimate of drug-likeness (QED) is 0.887. The van der Waals surface area contributed by atoms with Crippen LogP contribution in [0.15, 0.2) is 42.5 Å². The predicted molar refractivity (Wildman–Crippen MR) is 86.3 cm³/mol. The Bertz CT molecular complexity index is 658. The monoisotopic (exact) mass is 319 g/mol. The van der Waals surface area contributed by atoms with Crippen molar-refractivity contribution in [3.05, 3.63) is 64.2 Å². The highest BCUT2D eigenvalue weighted by atomic mass is 35.5. The average molecular weight is 320 g/mol. The van der Waals surface area contributed by atoms with Crippen LogP contribution in [0, 0.1) is 0 Å². The second kappa shape index (κ2) is 7.82. The van der Waals surface area contributed by atoms with Crippen molar-refractivity contribution in [1.82, 2.24) is 5.32 Å². The van der Waals surface area contributed by atoms with Crippen LogP contribution in [0.25, 0.3) is 0 Å². The van der Waals surface area contributed by atoms with Crippen molar-refractivity contribution in [3.63, 3.8) is 0 Å². The maximum absolute atomic E-state index is 12.2. The lowest BCUT2D eigenvalue weighted by atomic mass is 10.1. The van der Waals surface area contributed by atoms with Crippen molar-refractivity contribution in [2.75, 3.05) is 14.2 Å². The van der Waals surface area contributed by atoms with Gasteiger partial charge in [0.2, 0.25) is 0 Å². The highest BCUT2D eigenvalue weighted by Gasteiger charge is 2.10. The third-order valence-corrected chi connectivity index (χ3v) is 3.61. The molecular formula is C17H18ClNO3. The van der Waals surface area contributed by atoms with Gasteiger partial charge in [0, 0.05) is 29.8 Å². The van der Waals surface area contributed by atoms with Crippen LogP contribution >= 0.6 is 11.6 Å². The fraction of sp³-hybridized carbons (Fsp3) is 0.235. The predicted octanol–water partition coefficient (Wildman–Crippen LogP) is 3.43. The molecule has 1 N–H and O–H groups in total. The number of rotatable bonds is 6. The fourth-order valence-electron chi connectivity index (χ4n) is 2.11. The lowest BCUT2D eigenvalue weighted by Gasteiger charge is -2.11. The van der Waals surface area contributed by atoms with Crippen molar-refractivity contribution < 1.29 is 14.3 Å². The summed E-state index contributed by atoms with van der Waals surface area (Å²) in [6.07, 6.45) is 0. The molecule has 5 heteroatoms. The van der Waals surface area contributed by atoms with Gasteiger partial charge in [-0.3, -0.25) is 4.79 Å². The first-order valence-electron chi connectivity index (χ1n) is 6.83. The molecule has 0 fully saturated rings. The third kappa shape index (κ3) is 4.00. The van der Waals surface area contributed by atoms with Crippen LogP contribution in [0.5, 0.6) is 5.75 Å². The van der Waals surface area contributed by atoms with Gasteiger partial charge in [-0.05, 0) is 29.8 Å². The molecule has 1 amide bonds. The number of amides is 1. The van der Waals surface area contributed by atoms with Crippen molar-refractivity contribution in [1.29, 1.82) is 0 Å². The largest absolute Gasteiger partial charge is 0.496 e. The SMILES string of the molecule is COCc1cc(C(=O)NCc2ccccc2Cl)ccc1OC. The molecule has 2 aromatic carbocycles. The summed E-state index contributed by atoms with van der Waals surface area (Å²) in [7, 11) is 3.19. The van der Waals surface area contributed by atoms with Crippen LogP contribution in [-0.2, 0) is 17.9 Å². The van der Waals surface area contributed by atoms with Crippen LogP contribution in [0.1, 0.15) is 21.5 Å². The summed E-state index contributed by atoms with van der Waals surface area (Å²) in [5.74, 6) is 0.532. The third-order valence-electron chi connectivity index (χ3n) is 3.24. The minimum absolute atomic E-state index is 0.167. The summed E-state index contributed by atoms with van der Waals surface area (Å²) < 4.78 is 10.4. The zero-order valence-electron chi connectivity index (χ0n) is 12.6. The maximum atomic E-state index is 12.2. The van der Waals surface area contributed by atoms with E-state index in [1.807, 2.05) is 18.2 Å². The van der Waals surface area contributed by atoms with Crippen LogP contribution in [0.3, 0.4) is 0 Å². The lowest BCUT2D eigenvalue weighted by Crippen LogP contribution is -2.23. The first-order chi connectivity index (χ1) is 10.7. The molecule has 0 spiro atoms. The highest BCUT2D eigenvalue weighted by molar-refractivity contribution is 6.31. The summed E-state index contributed by atoms with van der Waals surface area (Å²) in [4.78, 5) is 12.2. The second-order valence-electron chi connectivity index (χ2n) is 4.73. The standard InChI is InChI=1S/C17H18ClNO3/c1-21-11-14-9-12(7-8-16(14)22-2)17(20)19-10-13-5-3-4-6-15(13)18/h3-9H,10-11H2,1-2H3,(H,19,20). The van der Waals surface area contributed by atoms with Gasteiger partial charge in [0.1, 0.15) is 5.75 Å². The minimum Gasteiger partial charge on any atom is -0.496 e. The Hall–Kier alpha value is -2.04. The molecule has 116 valence electrons. The molecule has 0 aliphatic rings. The van der Waals surface area contributed by atoms with Crippen LogP contribution < -0.4 is 10.1 Å². The van der Waals surface area contributed by atoms with Gasteiger partial charge < -0.3 is 14.8 Å². The molecule has 2 aromatic rings. The number of benzene rings is 2. The van der Waals surface area contributed by atoms with Gasteiger partial charge in [0.05, 0.1) is 13.7 Å². The number of ether oxygens (including phenoxy) is 2. The minimum atomic E-state index is -0.167. The van der Waals surface area contributed by atoms with Crippen LogP contribution in [-0.4, -0.2) is 20.1 Å². The molecule has 0 heterocycles. The second-order valence-corrected chi connectivity index (χ2v) is 5.14. The summed E-state index contributed by atoms with van der Waals surface area (Å²) in [5.41, 5.74) is 2.26. The van der Waals surface area contributed by atoms with Crippen molar-refractivity contribution in [2.24, 2.45) is 0 Å². The Balaban J connectivity index is 2.09. The van der Waals surface area contributed by atoms with Crippen LogP contribution in [0.2, 0.25) is 5.02 Å². The number of carbonyl (C=O) groups is 1. The fourth-order valence-corrected chi connectivity index (χ4v) is 2.31. The molecule has 0 saturated carbocycles. The van der Waals surface area contributed by atoms with Gasteiger partial charge in [0.25, 0.3) is 5.91 Å². The normalized spacial score (nSPS) is 10.3. The van der Waals surface area contributed by atoms with E-state index in [2.05, 4.69) is 5.32 Å². The Kier molecular flexibility index (Phi) is 5.81. The first kappa shape index (κ1) is 16.3. The molecule has 0 saturated heterocycles. The highest BCUT2D eigenvalue weighted by Crippen LogP contribution is 2.21. The Labute approximate surface area is 135 Å². The number of hydrogen-bond donors (Lipinski definition) is 1. The summed E-state index contributed by atoms with van der Waals surface area (Å²) in [6, 6.07) is 12.7. The van der Waals surface area contributed by atoms with E-state index in [4.69, 9.17) is 21.1 Å². The lowest BCUT2D eigenvalue weighted by molar-refractivity contribution is 0.0950. The van der Waals surface area contributed by atoms with E-state index in [0.717, 1.165) is 11.1 Å². The number of carbonyl (C=O) groups excluding carboxylic acids is 1. The van der Waals surface area contributed by atoms with Gasteiger partial charge in [-0.25, -0.2) is 0 Å². The summed E-state index contributed by atoms with van der Waals surface area (Å²) >= 11 is 6.08. The molecule has 0 unspecified atom stereocenters. The molecule has 0 aromatic heterocycles. The van der Waals surface area contributed by atoms with Gasteiger partial charge in [-0.15, -0.1) is 0 Å². The zero-order valence-corrected chi connectivity index (χ0v) is 13.3. The molecule has 0 bridgehead atoms. The van der Waals surface area contributed by atoms with Gasteiger partial charge in [-0.1, -0.05) is 29.8 Å². The smallest absolute Gasteiger partial charge is 0.251 e. The van der Waals surface area contributed by atoms with E-state index in [-0.39, 0.29) is 5.91 Å². The molecule has 0 aliphatic carbocycles. The van der Waals surface area contributed by atoms with E-state index >= 15 is 0 Å². The maximum Gasteiger partial charge on any atom is 0.251 e. The van der Waals surface area contributed by atoms with Gasteiger partial charge in [-0.2, -0.15) is 0 Å². The molecule has 0 atom stereocenters. The van der Waals surface area contributed by atoms with Crippen molar-refractivity contribution >= 4 is 17.5 Å². The number of hydrogen-bond acceptors (Lipinski definition) is 3. The van der Waals surface area contributed by atoms with E-state index in [1.165, 1.54) is 0 Å². The van der Waals surface area contributed by atoms with Crippen molar-refractivity contribution in [3.8, 4) is 5.75 Å². The first-order valence-corrected chi connectivity index (χ1v) is 7.21.